The summed E-state index contributed by atoms with van der Waals surface area (Å²) >= 11 is 0. The molecule has 0 bridgehead atoms. The van der Waals surface area contributed by atoms with Gasteiger partial charge in [-0.1, -0.05) is 24.3 Å². The summed E-state index contributed by atoms with van der Waals surface area (Å²) in [5, 5.41) is 14.8. The predicted molar refractivity (Wildman–Crippen MR) is 92.1 cm³/mol. The quantitative estimate of drug-likeness (QED) is 0.578. The van der Waals surface area contributed by atoms with Crippen LogP contribution in [-0.2, 0) is 6.54 Å². The number of aromatic nitrogens is 1. The van der Waals surface area contributed by atoms with E-state index in [0.29, 0.717) is 18.7 Å². The number of fused-ring (bicyclic) bond motifs is 1. The molecule has 6 nitrogen and oxygen atoms in total. The number of benzene rings is 2. The van der Waals surface area contributed by atoms with Gasteiger partial charge in [0, 0.05) is 42.0 Å². The molecule has 6 heteroatoms. The van der Waals surface area contributed by atoms with Crippen molar-refractivity contribution < 1.29 is 9.72 Å². The Morgan fingerprint density at radius 1 is 1.17 bits per heavy atom. The first kappa shape index (κ1) is 15.7. The first-order valence-corrected chi connectivity index (χ1v) is 7.64. The zero-order chi connectivity index (χ0) is 17.1. The number of aryl methyl sites for hydroxylation is 1. The summed E-state index contributed by atoms with van der Waals surface area (Å²) in [5.74, 6) is -0.312. The molecule has 1 heterocycles. The lowest BCUT2D eigenvalue weighted by Gasteiger charge is -2.10. The summed E-state index contributed by atoms with van der Waals surface area (Å²) in [6.45, 7) is 3.11. The van der Waals surface area contributed by atoms with Crippen LogP contribution in [0.1, 0.15) is 16.1 Å². The second kappa shape index (κ2) is 6.54. The van der Waals surface area contributed by atoms with Crippen LogP contribution in [-0.4, -0.2) is 21.9 Å². The highest BCUT2D eigenvalue weighted by atomic mass is 16.6. The van der Waals surface area contributed by atoms with Crippen LogP contribution in [0.5, 0.6) is 0 Å². The van der Waals surface area contributed by atoms with Crippen molar-refractivity contribution in [2.24, 2.45) is 0 Å². The normalized spacial score (nSPS) is 10.7. The smallest absolute Gasteiger partial charge is 0.270 e. The molecular weight excluding hydrogens is 306 g/mol. The van der Waals surface area contributed by atoms with E-state index in [1.54, 1.807) is 6.07 Å². The van der Waals surface area contributed by atoms with E-state index in [1.807, 2.05) is 25.1 Å². The van der Waals surface area contributed by atoms with Gasteiger partial charge in [-0.3, -0.25) is 14.9 Å². The Kier molecular flexibility index (Phi) is 4.29. The number of nitro benzene ring substituents is 1. The van der Waals surface area contributed by atoms with Gasteiger partial charge in [-0.25, -0.2) is 0 Å². The number of hydrogen-bond acceptors (Lipinski definition) is 3. The highest BCUT2D eigenvalue weighted by Crippen LogP contribution is 2.18. The maximum absolute atomic E-state index is 12.2. The van der Waals surface area contributed by atoms with Crippen LogP contribution in [0, 0.1) is 17.0 Å². The fourth-order valence-electron chi connectivity index (χ4n) is 2.79. The number of rotatable bonds is 5. The third-order valence-electron chi connectivity index (χ3n) is 3.96. The van der Waals surface area contributed by atoms with E-state index in [2.05, 4.69) is 22.0 Å². The van der Waals surface area contributed by atoms with Gasteiger partial charge in [-0.05, 0) is 30.5 Å². The fraction of sp³-hybridized carbons (Fsp3) is 0.167. The van der Waals surface area contributed by atoms with Crippen LogP contribution < -0.4 is 5.32 Å². The first-order valence-electron chi connectivity index (χ1n) is 7.64. The number of hydrogen-bond donors (Lipinski definition) is 1. The molecule has 1 amide bonds. The Hall–Kier alpha value is -3.15. The average molecular weight is 323 g/mol. The standard InChI is InChI=1S/C18H17N3O3/c1-13-11-14-5-2-3-8-17(14)20(13)10-9-19-18(22)15-6-4-7-16(12-15)21(23)24/h2-8,11-12H,9-10H2,1H3,(H,19,22). The molecule has 0 spiro atoms. The molecule has 0 aliphatic heterocycles. The molecule has 3 aromatic rings. The van der Waals surface area contributed by atoms with Crippen LogP contribution in [0.4, 0.5) is 5.69 Å². The lowest BCUT2D eigenvalue weighted by molar-refractivity contribution is -0.384. The zero-order valence-corrected chi connectivity index (χ0v) is 13.2. The number of nitrogens with zero attached hydrogens (tertiary/aromatic N) is 2. The molecule has 0 atom stereocenters. The topological polar surface area (TPSA) is 77.2 Å². The summed E-state index contributed by atoms with van der Waals surface area (Å²) in [5.41, 5.74) is 2.45. The molecular formula is C18H17N3O3. The van der Waals surface area contributed by atoms with E-state index in [9.17, 15) is 14.9 Å². The highest BCUT2D eigenvalue weighted by molar-refractivity contribution is 5.94. The summed E-state index contributed by atoms with van der Waals surface area (Å²) < 4.78 is 2.14. The SMILES string of the molecule is Cc1cc2ccccc2n1CCNC(=O)c1cccc([N+](=O)[O-])c1. The van der Waals surface area contributed by atoms with Crippen LogP contribution in [0.25, 0.3) is 10.9 Å². The monoisotopic (exact) mass is 323 g/mol. The fourth-order valence-corrected chi connectivity index (χ4v) is 2.79. The average Bonchev–Trinajstić information content (AvgIpc) is 2.90. The molecule has 24 heavy (non-hydrogen) atoms. The largest absolute Gasteiger partial charge is 0.350 e. The van der Waals surface area contributed by atoms with E-state index >= 15 is 0 Å². The van der Waals surface area contributed by atoms with Gasteiger partial charge in [-0.15, -0.1) is 0 Å². The molecule has 0 radical (unpaired) electrons. The highest BCUT2D eigenvalue weighted by Gasteiger charge is 2.11. The molecule has 2 aromatic carbocycles. The summed E-state index contributed by atoms with van der Waals surface area (Å²) in [4.78, 5) is 22.4. The summed E-state index contributed by atoms with van der Waals surface area (Å²) in [7, 11) is 0. The van der Waals surface area contributed by atoms with Crippen molar-refractivity contribution in [2.45, 2.75) is 13.5 Å². The molecule has 3 rings (SSSR count). The van der Waals surface area contributed by atoms with Crippen molar-refractivity contribution >= 4 is 22.5 Å². The Bertz CT molecular complexity index is 915. The minimum absolute atomic E-state index is 0.0881. The zero-order valence-electron chi connectivity index (χ0n) is 13.2. The molecule has 0 saturated carbocycles. The van der Waals surface area contributed by atoms with Crippen molar-refractivity contribution in [1.82, 2.24) is 9.88 Å². The Balaban J connectivity index is 1.67. The van der Waals surface area contributed by atoms with Gasteiger partial charge in [0.05, 0.1) is 4.92 Å². The number of amides is 1. The van der Waals surface area contributed by atoms with Gasteiger partial charge >= 0.3 is 0 Å². The molecule has 1 aromatic heterocycles. The minimum Gasteiger partial charge on any atom is -0.350 e. The van der Waals surface area contributed by atoms with Crippen LogP contribution >= 0.6 is 0 Å². The number of nitro groups is 1. The van der Waals surface area contributed by atoms with Crippen LogP contribution in [0.15, 0.2) is 54.6 Å². The van der Waals surface area contributed by atoms with E-state index in [4.69, 9.17) is 0 Å². The third kappa shape index (κ3) is 3.12. The van der Waals surface area contributed by atoms with Crippen molar-refractivity contribution in [3.05, 3.63) is 76.0 Å². The van der Waals surface area contributed by atoms with E-state index in [1.165, 1.54) is 23.6 Å². The molecule has 0 unspecified atom stereocenters. The lowest BCUT2D eigenvalue weighted by Crippen LogP contribution is -2.27. The second-order valence-electron chi connectivity index (χ2n) is 5.56. The van der Waals surface area contributed by atoms with Gasteiger partial charge in [0.25, 0.3) is 11.6 Å². The molecule has 122 valence electrons. The van der Waals surface area contributed by atoms with Gasteiger partial charge in [0.1, 0.15) is 0 Å². The van der Waals surface area contributed by atoms with Crippen molar-refractivity contribution in [1.29, 1.82) is 0 Å². The van der Waals surface area contributed by atoms with E-state index in [-0.39, 0.29) is 11.6 Å². The number of carbonyl (C=O) groups excluding carboxylic acids is 1. The van der Waals surface area contributed by atoms with E-state index < -0.39 is 4.92 Å². The number of carbonyl (C=O) groups is 1. The first-order chi connectivity index (χ1) is 11.6. The number of non-ortho nitro benzene ring substituents is 1. The molecule has 0 aliphatic rings. The predicted octanol–water partition coefficient (Wildman–Crippen LogP) is 3.29. The van der Waals surface area contributed by atoms with E-state index in [0.717, 1.165) is 11.2 Å². The number of nitrogens with one attached hydrogen (secondary N) is 1. The molecule has 0 saturated heterocycles. The molecule has 1 N–H and O–H groups in total. The maximum Gasteiger partial charge on any atom is 0.270 e. The Morgan fingerprint density at radius 3 is 2.75 bits per heavy atom. The van der Waals surface area contributed by atoms with Gasteiger partial charge < -0.3 is 9.88 Å². The van der Waals surface area contributed by atoms with Crippen LogP contribution in [0.3, 0.4) is 0 Å². The Morgan fingerprint density at radius 2 is 1.96 bits per heavy atom. The number of para-hydroxylation sites is 1. The van der Waals surface area contributed by atoms with Gasteiger partial charge in [0.2, 0.25) is 0 Å². The third-order valence-corrected chi connectivity index (χ3v) is 3.96. The van der Waals surface area contributed by atoms with Gasteiger partial charge in [-0.2, -0.15) is 0 Å². The van der Waals surface area contributed by atoms with Gasteiger partial charge in [0.15, 0.2) is 0 Å². The molecule has 0 aliphatic carbocycles. The summed E-state index contributed by atoms with van der Waals surface area (Å²) in [6, 6.07) is 15.9. The maximum atomic E-state index is 12.2. The van der Waals surface area contributed by atoms with Crippen LogP contribution in [0.2, 0.25) is 0 Å². The molecule has 0 fully saturated rings. The lowest BCUT2D eigenvalue weighted by atomic mass is 10.2. The second-order valence-corrected chi connectivity index (χ2v) is 5.56. The van der Waals surface area contributed by atoms with Crippen molar-refractivity contribution in [3.8, 4) is 0 Å². The van der Waals surface area contributed by atoms with Crippen molar-refractivity contribution in [2.75, 3.05) is 6.54 Å². The Labute approximate surface area is 138 Å². The minimum atomic E-state index is -0.508. The summed E-state index contributed by atoms with van der Waals surface area (Å²) in [6.07, 6.45) is 0. The van der Waals surface area contributed by atoms with Crippen molar-refractivity contribution in [3.63, 3.8) is 0 Å².